The van der Waals surface area contributed by atoms with Crippen molar-refractivity contribution in [3.8, 4) is 5.75 Å². The van der Waals surface area contributed by atoms with Crippen LogP contribution in [0.4, 0.5) is 5.69 Å². The topological polar surface area (TPSA) is 15.7 Å². The van der Waals surface area contributed by atoms with Crippen LogP contribution in [0, 0.1) is 0 Å². The summed E-state index contributed by atoms with van der Waals surface area (Å²) in [6, 6.07) is 13.2. The number of nitrogens with zero attached hydrogens (tertiary/aromatic N) is 2. The molecule has 24 heavy (non-hydrogen) atoms. The van der Waals surface area contributed by atoms with Gasteiger partial charge in [0.2, 0.25) is 0 Å². The largest absolute Gasteiger partial charge is 0.490 e. The maximum absolute atomic E-state index is 5.90. The van der Waals surface area contributed by atoms with Crippen LogP contribution in [0.5, 0.6) is 5.75 Å². The molecule has 0 amide bonds. The number of likely N-dealkylation sites (N-methyl/N-ethyl adjacent to an activating group) is 2. The Hall–Kier alpha value is -1.78. The number of benzene rings is 2. The molecule has 0 aromatic heterocycles. The minimum atomic E-state index is 0.748. The minimum absolute atomic E-state index is 0.748. The van der Waals surface area contributed by atoms with Crippen molar-refractivity contribution in [3.63, 3.8) is 0 Å². The average Bonchev–Trinajstić information content (AvgIpc) is 2.72. The van der Waals surface area contributed by atoms with Gasteiger partial charge < -0.3 is 9.64 Å². The first-order chi connectivity index (χ1) is 11.6. The van der Waals surface area contributed by atoms with Crippen molar-refractivity contribution < 1.29 is 4.74 Å². The molecule has 2 heterocycles. The number of rotatable bonds is 1. The van der Waals surface area contributed by atoms with Crippen LogP contribution in [0.2, 0.25) is 0 Å². The first-order valence-electron chi connectivity index (χ1n) is 8.28. The Kier molecular flexibility index (Phi) is 4.10. The highest BCUT2D eigenvalue weighted by Gasteiger charge is 2.19. The highest BCUT2D eigenvalue weighted by atomic mass is 79.9. The van der Waals surface area contributed by atoms with Crippen LogP contribution >= 0.6 is 15.9 Å². The lowest BCUT2D eigenvalue weighted by atomic mass is 9.93. The zero-order valence-corrected chi connectivity index (χ0v) is 15.6. The Bertz CT molecular complexity index is 815. The van der Waals surface area contributed by atoms with Gasteiger partial charge in [-0.3, -0.25) is 4.90 Å². The Morgan fingerprint density at radius 1 is 1.08 bits per heavy atom. The van der Waals surface area contributed by atoms with Crippen LogP contribution in [0.15, 0.2) is 46.9 Å². The summed E-state index contributed by atoms with van der Waals surface area (Å²) >= 11 is 3.60. The molecule has 2 aromatic carbocycles. The molecule has 0 saturated heterocycles. The van der Waals surface area contributed by atoms with E-state index in [0.29, 0.717) is 0 Å². The zero-order valence-electron chi connectivity index (χ0n) is 14.1. The Morgan fingerprint density at radius 2 is 1.96 bits per heavy atom. The molecule has 0 spiro atoms. The highest BCUT2D eigenvalue weighted by Crippen LogP contribution is 2.37. The normalized spacial score (nSPS) is 17.5. The summed E-state index contributed by atoms with van der Waals surface area (Å²) in [6.45, 7) is 3.59. The van der Waals surface area contributed by atoms with Gasteiger partial charge >= 0.3 is 0 Å². The summed E-state index contributed by atoms with van der Waals surface area (Å²) in [5.41, 5.74) is 6.36. The SMILES string of the molecule is CN1CC=C(c2ccc3c(c2)OCCN3C)c2ccc(Br)cc2C1. The summed E-state index contributed by atoms with van der Waals surface area (Å²) in [5.74, 6) is 0.985. The Balaban J connectivity index is 1.81. The maximum atomic E-state index is 5.90. The Morgan fingerprint density at radius 3 is 2.83 bits per heavy atom. The molecule has 0 unspecified atom stereocenters. The van der Waals surface area contributed by atoms with E-state index >= 15 is 0 Å². The second-order valence-corrected chi connectivity index (χ2v) is 7.48. The molecule has 4 heteroatoms. The van der Waals surface area contributed by atoms with Crippen molar-refractivity contribution in [2.45, 2.75) is 6.54 Å². The van der Waals surface area contributed by atoms with Crippen molar-refractivity contribution in [1.29, 1.82) is 0 Å². The number of halogens is 1. The fourth-order valence-corrected chi connectivity index (χ4v) is 3.88. The molecule has 3 nitrogen and oxygen atoms in total. The lowest BCUT2D eigenvalue weighted by molar-refractivity contribution is 0.311. The monoisotopic (exact) mass is 384 g/mol. The number of fused-ring (bicyclic) bond motifs is 2. The molecule has 0 aliphatic carbocycles. The molecule has 2 aliphatic heterocycles. The maximum Gasteiger partial charge on any atom is 0.143 e. The van der Waals surface area contributed by atoms with E-state index in [1.807, 2.05) is 0 Å². The van der Waals surface area contributed by atoms with Gasteiger partial charge in [-0.05, 0) is 53.6 Å². The lowest BCUT2D eigenvalue weighted by Crippen LogP contribution is -2.28. The molecule has 124 valence electrons. The number of anilines is 1. The molecule has 0 N–H and O–H groups in total. The van der Waals surface area contributed by atoms with E-state index in [-0.39, 0.29) is 0 Å². The van der Waals surface area contributed by atoms with Gasteiger partial charge in [0.25, 0.3) is 0 Å². The molecule has 0 bridgehead atoms. The third-order valence-corrected chi connectivity index (χ3v) is 5.26. The highest BCUT2D eigenvalue weighted by molar-refractivity contribution is 9.10. The average molecular weight is 385 g/mol. The van der Waals surface area contributed by atoms with Crippen molar-refractivity contribution in [3.05, 3.63) is 63.6 Å². The fourth-order valence-electron chi connectivity index (χ4n) is 3.47. The smallest absolute Gasteiger partial charge is 0.143 e. The first-order valence-corrected chi connectivity index (χ1v) is 9.07. The summed E-state index contributed by atoms with van der Waals surface area (Å²) in [7, 11) is 4.28. The van der Waals surface area contributed by atoms with E-state index in [9.17, 15) is 0 Å². The first kappa shape index (κ1) is 15.7. The van der Waals surface area contributed by atoms with Crippen LogP contribution in [-0.2, 0) is 6.54 Å². The second kappa shape index (κ2) is 6.26. The molecule has 0 atom stereocenters. The van der Waals surface area contributed by atoms with Crippen molar-refractivity contribution in [1.82, 2.24) is 4.90 Å². The van der Waals surface area contributed by atoms with E-state index in [1.165, 1.54) is 28.0 Å². The predicted octanol–water partition coefficient (Wildman–Crippen LogP) is 4.15. The predicted molar refractivity (Wildman–Crippen MR) is 103 cm³/mol. The van der Waals surface area contributed by atoms with Crippen molar-refractivity contribution >= 4 is 27.2 Å². The molecular formula is C20H21BrN2O. The quantitative estimate of drug-likeness (QED) is 0.734. The number of hydrogen-bond acceptors (Lipinski definition) is 3. The fraction of sp³-hybridized carbons (Fsp3) is 0.300. The Labute approximate surface area is 151 Å². The third-order valence-electron chi connectivity index (χ3n) is 4.77. The van der Waals surface area contributed by atoms with E-state index < -0.39 is 0 Å². The summed E-state index contributed by atoms with van der Waals surface area (Å²) < 4.78 is 7.03. The molecule has 0 saturated carbocycles. The third kappa shape index (κ3) is 2.85. The van der Waals surface area contributed by atoms with E-state index in [4.69, 9.17) is 4.74 Å². The summed E-state index contributed by atoms with van der Waals surface area (Å²) in [6.07, 6.45) is 2.33. The molecule has 0 fully saturated rings. The van der Waals surface area contributed by atoms with Crippen LogP contribution < -0.4 is 9.64 Å². The van der Waals surface area contributed by atoms with Crippen molar-refractivity contribution in [2.75, 3.05) is 38.7 Å². The molecule has 4 rings (SSSR count). The van der Waals surface area contributed by atoms with Gasteiger partial charge in [-0.25, -0.2) is 0 Å². The molecular weight excluding hydrogens is 364 g/mol. The standard InChI is InChI=1S/C20H21BrN2O/c1-22-8-7-18(17-5-4-16(21)11-15(17)13-22)14-3-6-19-20(12-14)24-10-9-23(19)2/h3-7,11-12H,8-10,13H2,1-2H3. The second-order valence-electron chi connectivity index (χ2n) is 6.57. The van der Waals surface area contributed by atoms with Crippen LogP contribution in [-0.4, -0.2) is 38.7 Å². The van der Waals surface area contributed by atoms with Crippen LogP contribution in [0.1, 0.15) is 16.7 Å². The lowest BCUT2D eigenvalue weighted by Gasteiger charge is -2.28. The summed E-state index contributed by atoms with van der Waals surface area (Å²) in [5, 5.41) is 0. The number of hydrogen-bond donors (Lipinski definition) is 0. The van der Waals surface area contributed by atoms with Crippen LogP contribution in [0.3, 0.4) is 0 Å². The molecule has 0 radical (unpaired) electrons. The van der Waals surface area contributed by atoms with Gasteiger partial charge in [0.1, 0.15) is 12.4 Å². The number of ether oxygens (including phenoxy) is 1. The van der Waals surface area contributed by atoms with Gasteiger partial charge in [-0.1, -0.05) is 34.1 Å². The van der Waals surface area contributed by atoms with Gasteiger partial charge in [-0.2, -0.15) is 0 Å². The van der Waals surface area contributed by atoms with Crippen LogP contribution in [0.25, 0.3) is 5.57 Å². The van der Waals surface area contributed by atoms with E-state index in [0.717, 1.165) is 36.5 Å². The molecule has 2 aromatic rings. The minimum Gasteiger partial charge on any atom is -0.490 e. The van der Waals surface area contributed by atoms with Gasteiger partial charge in [0, 0.05) is 24.6 Å². The van der Waals surface area contributed by atoms with Crippen molar-refractivity contribution in [2.24, 2.45) is 0 Å². The van der Waals surface area contributed by atoms with Gasteiger partial charge in [0.15, 0.2) is 0 Å². The molecule has 2 aliphatic rings. The van der Waals surface area contributed by atoms with Gasteiger partial charge in [0.05, 0.1) is 12.2 Å². The zero-order chi connectivity index (χ0) is 16.7. The van der Waals surface area contributed by atoms with Gasteiger partial charge in [-0.15, -0.1) is 0 Å². The van der Waals surface area contributed by atoms with E-state index in [1.54, 1.807) is 0 Å². The summed E-state index contributed by atoms with van der Waals surface area (Å²) in [4.78, 5) is 4.59. The van der Waals surface area contributed by atoms with E-state index in [2.05, 4.69) is 82.3 Å².